The Morgan fingerprint density at radius 2 is 1.89 bits per heavy atom. The van der Waals surface area contributed by atoms with E-state index in [1.807, 2.05) is 0 Å². The van der Waals surface area contributed by atoms with Crippen molar-refractivity contribution in [2.45, 2.75) is 69.4 Å². The lowest BCUT2D eigenvalue weighted by Crippen LogP contribution is -2.48. The summed E-state index contributed by atoms with van der Waals surface area (Å²) in [7, 11) is 0. The van der Waals surface area contributed by atoms with Crippen molar-refractivity contribution in [3.8, 4) is 12.3 Å². The Morgan fingerprint density at radius 3 is 2.50 bits per heavy atom. The van der Waals surface area contributed by atoms with Gasteiger partial charge < -0.3 is 14.6 Å². The minimum absolute atomic E-state index is 0.0604. The average Bonchev–Trinajstić information content (AvgIpc) is 2.28. The van der Waals surface area contributed by atoms with Gasteiger partial charge in [-0.1, -0.05) is 0 Å². The number of terminal acetylenes is 1. The Morgan fingerprint density at radius 1 is 1.28 bits per heavy atom. The molecule has 0 aromatic carbocycles. The minimum atomic E-state index is -0.812. The van der Waals surface area contributed by atoms with E-state index in [1.165, 1.54) is 0 Å². The Balaban J connectivity index is 1.97. The number of carbonyl (C=O) groups is 1. The van der Waals surface area contributed by atoms with Crippen LogP contribution >= 0.6 is 0 Å². The zero-order valence-corrected chi connectivity index (χ0v) is 10.6. The first kappa shape index (κ1) is 13.4. The van der Waals surface area contributed by atoms with E-state index < -0.39 is 11.8 Å². The molecular weight excluding hydrogens is 232 g/mol. The molecule has 0 aromatic rings. The molecule has 3 atom stereocenters. The summed E-state index contributed by atoms with van der Waals surface area (Å²) in [6.45, 7) is 0. The van der Waals surface area contributed by atoms with Crippen molar-refractivity contribution in [1.82, 2.24) is 0 Å². The molecule has 4 nitrogen and oxygen atoms in total. The number of hydrogen-bond acceptors (Lipinski definition) is 3. The van der Waals surface area contributed by atoms with Gasteiger partial charge in [0.15, 0.2) is 5.79 Å². The van der Waals surface area contributed by atoms with Gasteiger partial charge in [0.2, 0.25) is 0 Å². The number of carboxylic acids is 1. The smallest absolute Gasteiger partial charge is 0.305 e. The molecule has 2 rings (SSSR count). The summed E-state index contributed by atoms with van der Waals surface area (Å²) in [5.41, 5.74) is 0. The molecule has 0 bridgehead atoms. The van der Waals surface area contributed by atoms with Crippen molar-refractivity contribution in [3.05, 3.63) is 0 Å². The predicted molar refractivity (Wildman–Crippen MR) is 65.9 cm³/mol. The van der Waals surface area contributed by atoms with Crippen LogP contribution in [0.25, 0.3) is 0 Å². The Bertz CT molecular complexity index is 342. The fourth-order valence-electron chi connectivity index (χ4n) is 2.93. The Labute approximate surface area is 108 Å². The quantitative estimate of drug-likeness (QED) is 0.783. The van der Waals surface area contributed by atoms with Crippen LogP contribution in [0.2, 0.25) is 0 Å². The zero-order chi connectivity index (χ0) is 13.0. The summed E-state index contributed by atoms with van der Waals surface area (Å²) < 4.78 is 11.9. The molecule has 2 aliphatic heterocycles. The summed E-state index contributed by atoms with van der Waals surface area (Å²) in [6.07, 6.45) is 11.3. The molecule has 2 aliphatic rings. The molecule has 2 heterocycles. The second kappa shape index (κ2) is 5.73. The minimum Gasteiger partial charge on any atom is -0.481 e. The molecule has 1 spiro atoms. The highest BCUT2D eigenvalue weighted by Gasteiger charge is 2.42. The van der Waals surface area contributed by atoms with E-state index in [2.05, 4.69) is 5.92 Å². The van der Waals surface area contributed by atoms with Gasteiger partial charge in [-0.2, -0.15) is 0 Å². The molecule has 100 valence electrons. The molecule has 0 unspecified atom stereocenters. The fraction of sp³-hybridized carbons (Fsp3) is 0.786. The lowest BCUT2D eigenvalue weighted by atomic mass is 9.91. The normalized spacial score (nSPS) is 36.2. The first-order valence-corrected chi connectivity index (χ1v) is 6.64. The number of rotatable bonds is 3. The van der Waals surface area contributed by atoms with Crippen LogP contribution < -0.4 is 0 Å². The van der Waals surface area contributed by atoms with Crippen molar-refractivity contribution < 1.29 is 19.4 Å². The summed E-state index contributed by atoms with van der Waals surface area (Å²) >= 11 is 0. The van der Waals surface area contributed by atoms with Crippen molar-refractivity contribution in [2.75, 3.05) is 0 Å². The third kappa shape index (κ3) is 3.24. The van der Waals surface area contributed by atoms with Crippen molar-refractivity contribution in [3.63, 3.8) is 0 Å². The number of hydrogen-bond donors (Lipinski definition) is 1. The van der Waals surface area contributed by atoms with E-state index in [4.69, 9.17) is 21.0 Å². The summed E-state index contributed by atoms with van der Waals surface area (Å²) in [6, 6.07) is 0. The molecule has 0 aliphatic carbocycles. The van der Waals surface area contributed by atoms with Gasteiger partial charge in [-0.05, 0) is 25.7 Å². The average molecular weight is 252 g/mol. The van der Waals surface area contributed by atoms with E-state index in [-0.39, 0.29) is 18.6 Å². The van der Waals surface area contributed by atoms with Crippen LogP contribution in [0.15, 0.2) is 0 Å². The second-order valence-electron chi connectivity index (χ2n) is 5.18. The van der Waals surface area contributed by atoms with E-state index in [0.717, 1.165) is 38.5 Å². The maximum Gasteiger partial charge on any atom is 0.305 e. The Hall–Kier alpha value is -1.05. The van der Waals surface area contributed by atoms with Crippen LogP contribution in [0.3, 0.4) is 0 Å². The van der Waals surface area contributed by atoms with Gasteiger partial charge in [0.1, 0.15) is 0 Å². The highest BCUT2D eigenvalue weighted by atomic mass is 16.7. The Kier molecular flexibility index (Phi) is 4.26. The molecule has 2 fully saturated rings. The molecule has 18 heavy (non-hydrogen) atoms. The van der Waals surface area contributed by atoms with Crippen molar-refractivity contribution >= 4 is 5.97 Å². The first-order valence-electron chi connectivity index (χ1n) is 6.64. The van der Waals surface area contributed by atoms with Crippen molar-refractivity contribution in [1.29, 1.82) is 0 Å². The first-order chi connectivity index (χ1) is 8.63. The van der Waals surface area contributed by atoms with Crippen LogP contribution in [0.4, 0.5) is 0 Å². The number of aliphatic carboxylic acids is 1. The van der Waals surface area contributed by atoms with Crippen LogP contribution in [0.5, 0.6) is 0 Å². The third-order valence-electron chi connectivity index (χ3n) is 3.68. The van der Waals surface area contributed by atoms with E-state index in [9.17, 15) is 4.79 Å². The highest BCUT2D eigenvalue weighted by molar-refractivity contribution is 5.67. The monoisotopic (exact) mass is 252 g/mol. The standard InChI is InChI=1S/C14H20O4/c1-2-5-11-6-3-8-14(17-11)9-4-7-12(18-14)10-13(15)16/h1,11-12H,3-10H2,(H,15,16)/t11-,12+,14+/m1/s1. The number of ether oxygens (including phenoxy) is 2. The van der Waals surface area contributed by atoms with Gasteiger partial charge in [0, 0.05) is 19.3 Å². The van der Waals surface area contributed by atoms with Gasteiger partial charge >= 0.3 is 5.97 Å². The predicted octanol–water partition coefficient (Wildman–Crippen LogP) is 2.32. The molecular formula is C14H20O4. The molecule has 0 aromatic heterocycles. The topological polar surface area (TPSA) is 55.8 Å². The molecule has 0 saturated carbocycles. The van der Waals surface area contributed by atoms with Gasteiger partial charge in [-0.15, -0.1) is 12.3 Å². The van der Waals surface area contributed by atoms with Crippen LogP contribution in [-0.2, 0) is 14.3 Å². The molecule has 0 radical (unpaired) electrons. The lowest BCUT2D eigenvalue weighted by Gasteiger charge is -2.45. The molecule has 4 heteroatoms. The van der Waals surface area contributed by atoms with Crippen LogP contribution in [0, 0.1) is 12.3 Å². The van der Waals surface area contributed by atoms with Gasteiger partial charge in [-0.25, -0.2) is 0 Å². The summed E-state index contributed by atoms with van der Waals surface area (Å²) in [4.78, 5) is 10.8. The van der Waals surface area contributed by atoms with E-state index in [1.54, 1.807) is 0 Å². The summed E-state index contributed by atoms with van der Waals surface area (Å²) in [5.74, 6) is 1.24. The highest BCUT2D eigenvalue weighted by Crippen LogP contribution is 2.40. The van der Waals surface area contributed by atoms with Crippen LogP contribution in [-0.4, -0.2) is 29.1 Å². The summed E-state index contributed by atoms with van der Waals surface area (Å²) in [5, 5.41) is 8.84. The number of carboxylic acid groups (broad SMARTS) is 1. The molecule has 1 N–H and O–H groups in total. The van der Waals surface area contributed by atoms with Gasteiger partial charge in [0.05, 0.1) is 18.6 Å². The largest absolute Gasteiger partial charge is 0.481 e. The van der Waals surface area contributed by atoms with E-state index in [0.29, 0.717) is 6.42 Å². The molecule has 0 amide bonds. The second-order valence-corrected chi connectivity index (χ2v) is 5.18. The third-order valence-corrected chi connectivity index (χ3v) is 3.68. The molecule has 2 saturated heterocycles. The fourth-order valence-corrected chi connectivity index (χ4v) is 2.93. The van der Waals surface area contributed by atoms with Crippen molar-refractivity contribution in [2.24, 2.45) is 0 Å². The van der Waals surface area contributed by atoms with Gasteiger partial charge in [-0.3, -0.25) is 4.79 Å². The van der Waals surface area contributed by atoms with Gasteiger partial charge in [0.25, 0.3) is 0 Å². The SMILES string of the molecule is C#CC[C@@H]1CCC[C@]2(CCC[C@@H](CC(=O)O)O2)O1. The zero-order valence-electron chi connectivity index (χ0n) is 10.6. The maximum atomic E-state index is 10.8. The van der Waals surface area contributed by atoms with Crippen LogP contribution in [0.1, 0.15) is 51.4 Å². The lowest BCUT2D eigenvalue weighted by molar-refractivity contribution is -0.313. The van der Waals surface area contributed by atoms with E-state index >= 15 is 0 Å². The maximum absolute atomic E-state index is 10.8.